The Kier molecular flexibility index (Phi) is 6.86. The number of anilines is 1. The molecular formula is C22H20N4O4. The van der Waals surface area contributed by atoms with E-state index < -0.39 is 18.2 Å². The van der Waals surface area contributed by atoms with Gasteiger partial charge in [-0.2, -0.15) is 0 Å². The summed E-state index contributed by atoms with van der Waals surface area (Å²) in [5.74, 6) is -0.999. The molecule has 0 aliphatic carbocycles. The molecule has 152 valence electrons. The summed E-state index contributed by atoms with van der Waals surface area (Å²) in [6.07, 6.45) is -0.803. The maximum atomic E-state index is 12.7. The molecule has 8 nitrogen and oxygen atoms in total. The maximum absolute atomic E-state index is 12.7. The van der Waals surface area contributed by atoms with Crippen molar-refractivity contribution in [3.8, 4) is 0 Å². The van der Waals surface area contributed by atoms with Gasteiger partial charge in [0.1, 0.15) is 12.4 Å². The first-order valence-corrected chi connectivity index (χ1v) is 9.13. The second kappa shape index (κ2) is 9.94. The number of alkyl carbamates (subject to hydrolysis) is 1. The molecule has 1 aromatic heterocycles. The van der Waals surface area contributed by atoms with Crippen LogP contribution in [0.3, 0.4) is 0 Å². The van der Waals surface area contributed by atoms with E-state index in [0.717, 1.165) is 5.56 Å². The molecule has 0 saturated heterocycles. The zero-order valence-electron chi connectivity index (χ0n) is 15.9. The molecule has 1 heterocycles. The predicted molar refractivity (Wildman–Crippen MR) is 110 cm³/mol. The number of carbonyl (C=O) groups excluding carboxylic acids is 3. The fraction of sp³-hybridized carbons (Fsp3) is 0.0909. The van der Waals surface area contributed by atoms with Gasteiger partial charge in [0.15, 0.2) is 11.9 Å². The average molecular weight is 404 g/mol. The highest BCUT2D eigenvalue weighted by Gasteiger charge is 2.21. The van der Waals surface area contributed by atoms with E-state index in [1.165, 1.54) is 6.20 Å². The molecule has 2 amide bonds. The van der Waals surface area contributed by atoms with Gasteiger partial charge in [-0.3, -0.25) is 14.9 Å². The topological polar surface area (TPSA) is 123 Å². The minimum Gasteiger partial charge on any atom is -0.445 e. The zero-order valence-corrected chi connectivity index (χ0v) is 15.9. The van der Waals surface area contributed by atoms with Crippen LogP contribution in [0.25, 0.3) is 0 Å². The van der Waals surface area contributed by atoms with Crippen LogP contribution in [0.1, 0.15) is 21.5 Å². The minimum absolute atomic E-state index is 0.0387. The summed E-state index contributed by atoms with van der Waals surface area (Å²) in [6, 6.07) is 20.8. The highest BCUT2D eigenvalue weighted by molar-refractivity contribution is 6.13. The number of nitrogens with zero attached hydrogens (tertiary/aromatic N) is 1. The number of pyridine rings is 1. The number of amides is 2. The van der Waals surface area contributed by atoms with Crippen LogP contribution in [0.4, 0.5) is 10.6 Å². The van der Waals surface area contributed by atoms with Crippen molar-refractivity contribution >= 4 is 23.6 Å². The molecule has 30 heavy (non-hydrogen) atoms. The third-order valence-corrected chi connectivity index (χ3v) is 4.10. The molecule has 2 aromatic carbocycles. The second-order valence-corrected chi connectivity index (χ2v) is 6.27. The summed E-state index contributed by atoms with van der Waals surface area (Å²) in [4.78, 5) is 41.0. The third-order valence-electron chi connectivity index (χ3n) is 4.10. The van der Waals surface area contributed by atoms with Gasteiger partial charge in [-0.1, -0.05) is 60.7 Å². The summed E-state index contributed by atoms with van der Waals surface area (Å²) >= 11 is 0. The molecule has 0 aliphatic heterocycles. The Morgan fingerprint density at radius 3 is 2.30 bits per heavy atom. The summed E-state index contributed by atoms with van der Waals surface area (Å²) in [7, 11) is 0. The van der Waals surface area contributed by atoms with Crippen molar-refractivity contribution in [3.05, 3.63) is 95.7 Å². The van der Waals surface area contributed by atoms with Crippen molar-refractivity contribution in [2.24, 2.45) is 5.73 Å². The third kappa shape index (κ3) is 5.49. The zero-order chi connectivity index (χ0) is 21.3. The van der Waals surface area contributed by atoms with Crippen LogP contribution in [0, 0.1) is 0 Å². The molecule has 8 heteroatoms. The standard InChI is InChI=1S/C22H20N4O4/c23-19(25-22(29)30-14-15-8-3-1-4-9-15)21(28)26-20-17(12-7-13-24-20)18(27)16-10-5-2-6-11-16/h1-13,19H,14,23H2,(H,25,29)(H,24,26,28). The lowest BCUT2D eigenvalue weighted by molar-refractivity contribution is -0.118. The van der Waals surface area contributed by atoms with Crippen LogP contribution >= 0.6 is 0 Å². The first kappa shape index (κ1) is 20.7. The molecule has 0 aliphatic rings. The van der Waals surface area contributed by atoms with Crippen molar-refractivity contribution in [2.45, 2.75) is 12.8 Å². The number of rotatable bonds is 7. The van der Waals surface area contributed by atoms with Crippen molar-refractivity contribution in [2.75, 3.05) is 5.32 Å². The van der Waals surface area contributed by atoms with Crippen molar-refractivity contribution in [1.29, 1.82) is 0 Å². The maximum Gasteiger partial charge on any atom is 0.409 e. The summed E-state index contributed by atoms with van der Waals surface area (Å²) < 4.78 is 5.04. The lowest BCUT2D eigenvalue weighted by atomic mass is 10.0. The van der Waals surface area contributed by atoms with E-state index in [2.05, 4.69) is 15.6 Å². The molecule has 4 N–H and O–H groups in total. The fourth-order valence-corrected chi connectivity index (χ4v) is 2.58. The highest BCUT2D eigenvalue weighted by atomic mass is 16.5. The van der Waals surface area contributed by atoms with E-state index in [9.17, 15) is 14.4 Å². The van der Waals surface area contributed by atoms with Crippen molar-refractivity contribution in [1.82, 2.24) is 10.3 Å². The van der Waals surface area contributed by atoms with Gasteiger partial charge < -0.3 is 15.8 Å². The van der Waals surface area contributed by atoms with Gasteiger partial charge in [0.25, 0.3) is 5.91 Å². The van der Waals surface area contributed by atoms with Gasteiger partial charge >= 0.3 is 6.09 Å². The molecule has 0 bridgehead atoms. The van der Waals surface area contributed by atoms with Crippen LogP contribution in [-0.4, -0.2) is 28.9 Å². The van der Waals surface area contributed by atoms with E-state index >= 15 is 0 Å². The van der Waals surface area contributed by atoms with Gasteiger partial charge in [0.05, 0.1) is 5.56 Å². The molecule has 0 radical (unpaired) electrons. The summed E-state index contributed by atoms with van der Waals surface area (Å²) in [5.41, 5.74) is 7.19. The number of aromatic nitrogens is 1. The van der Waals surface area contributed by atoms with Crippen molar-refractivity contribution < 1.29 is 19.1 Å². The number of benzene rings is 2. The Bertz CT molecular complexity index is 1030. The molecule has 0 fully saturated rings. The monoisotopic (exact) mass is 404 g/mol. The van der Waals surface area contributed by atoms with E-state index in [1.807, 2.05) is 18.2 Å². The normalized spacial score (nSPS) is 11.2. The second-order valence-electron chi connectivity index (χ2n) is 6.27. The number of hydrogen-bond donors (Lipinski definition) is 3. The Hall–Kier alpha value is -4.04. The van der Waals surface area contributed by atoms with Crippen LogP contribution in [0.2, 0.25) is 0 Å². The summed E-state index contributed by atoms with van der Waals surface area (Å²) in [5, 5.41) is 4.72. The predicted octanol–water partition coefficient (Wildman–Crippen LogP) is 2.46. The Morgan fingerprint density at radius 2 is 1.60 bits per heavy atom. The fourth-order valence-electron chi connectivity index (χ4n) is 2.58. The lowest BCUT2D eigenvalue weighted by Crippen LogP contribution is -2.50. The number of hydrogen-bond acceptors (Lipinski definition) is 6. The molecule has 1 atom stereocenters. The molecule has 3 aromatic rings. The smallest absolute Gasteiger partial charge is 0.409 e. The van der Waals surface area contributed by atoms with E-state index in [0.29, 0.717) is 5.56 Å². The average Bonchev–Trinajstić information content (AvgIpc) is 2.79. The first-order chi connectivity index (χ1) is 14.5. The lowest BCUT2D eigenvalue weighted by Gasteiger charge is -2.15. The number of nitrogens with one attached hydrogen (secondary N) is 2. The summed E-state index contributed by atoms with van der Waals surface area (Å²) in [6.45, 7) is 0.0387. The van der Waals surface area contributed by atoms with Gasteiger partial charge in [-0.05, 0) is 17.7 Å². The molecule has 0 spiro atoms. The van der Waals surface area contributed by atoms with Crippen molar-refractivity contribution in [3.63, 3.8) is 0 Å². The first-order valence-electron chi connectivity index (χ1n) is 9.13. The minimum atomic E-state index is -1.39. The van der Waals surface area contributed by atoms with Crippen LogP contribution < -0.4 is 16.4 Å². The van der Waals surface area contributed by atoms with E-state index in [1.54, 1.807) is 54.6 Å². The van der Waals surface area contributed by atoms with Crippen LogP contribution in [-0.2, 0) is 16.1 Å². The number of ketones is 1. The number of carbonyl (C=O) groups is 3. The number of nitrogens with two attached hydrogens (primary N) is 1. The molecular weight excluding hydrogens is 384 g/mol. The van der Waals surface area contributed by atoms with E-state index in [4.69, 9.17) is 10.5 Å². The Morgan fingerprint density at radius 1 is 0.933 bits per heavy atom. The largest absolute Gasteiger partial charge is 0.445 e. The van der Waals surface area contributed by atoms with Crippen LogP contribution in [0.15, 0.2) is 79.0 Å². The van der Waals surface area contributed by atoms with E-state index in [-0.39, 0.29) is 23.8 Å². The van der Waals surface area contributed by atoms with Gasteiger partial charge in [-0.25, -0.2) is 9.78 Å². The van der Waals surface area contributed by atoms with Gasteiger partial charge in [-0.15, -0.1) is 0 Å². The van der Waals surface area contributed by atoms with Gasteiger partial charge in [0, 0.05) is 11.8 Å². The molecule has 0 saturated carbocycles. The SMILES string of the molecule is NC(NC(=O)OCc1ccccc1)C(=O)Nc1ncccc1C(=O)c1ccccc1. The quantitative estimate of drug-likeness (QED) is 0.411. The number of ether oxygens (including phenoxy) is 1. The Balaban J connectivity index is 1.60. The Labute approximate surface area is 173 Å². The molecule has 3 rings (SSSR count). The highest BCUT2D eigenvalue weighted by Crippen LogP contribution is 2.17. The van der Waals surface area contributed by atoms with Gasteiger partial charge in [0.2, 0.25) is 0 Å². The molecule has 1 unspecified atom stereocenters. The van der Waals surface area contributed by atoms with Crippen LogP contribution in [0.5, 0.6) is 0 Å².